The fourth-order valence-corrected chi connectivity index (χ4v) is 2.28. The van der Waals surface area contributed by atoms with E-state index in [0.717, 1.165) is 12.8 Å². The largest absolute Gasteiger partial charge is 0.321 e. The summed E-state index contributed by atoms with van der Waals surface area (Å²) in [4.78, 5) is 0. The zero-order chi connectivity index (χ0) is 10.6. The van der Waals surface area contributed by atoms with Crippen molar-refractivity contribution in [1.82, 2.24) is 0 Å². The molecule has 0 radical (unpaired) electrons. The van der Waals surface area contributed by atoms with Crippen molar-refractivity contribution in [2.45, 2.75) is 63.8 Å². The maximum atomic E-state index is 12.5. The van der Waals surface area contributed by atoms with Gasteiger partial charge in [-0.15, -0.1) is 0 Å². The first-order valence-electron chi connectivity index (χ1n) is 5.59. The van der Waals surface area contributed by atoms with Gasteiger partial charge in [0.1, 0.15) is 0 Å². The molecule has 14 heavy (non-hydrogen) atoms. The summed E-state index contributed by atoms with van der Waals surface area (Å²) >= 11 is 0. The highest BCUT2D eigenvalue weighted by Crippen LogP contribution is 2.31. The molecule has 1 atom stereocenters. The van der Waals surface area contributed by atoms with Crippen LogP contribution in [-0.2, 0) is 0 Å². The highest BCUT2D eigenvalue weighted by molar-refractivity contribution is 4.85. The topological polar surface area (TPSA) is 26.0 Å². The summed E-state index contributed by atoms with van der Waals surface area (Å²) in [6.45, 7) is 1.47. The second-order valence-electron chi connectivity index (χ2n) is 4.87. The van der Waals surface area contributed by atoms with Crippen molar-refractivity contribution in [3.63, 3.8) is 0 Å². The molecule has 2 N–H and O–H groups in total. The van der Waals surface area contributed by atoms with Gasteiger partial charge in [-0.1, -0.05) is 38.5 Å². The molecule has 0 aromatic heterocycles. The molecule has 1 aliphatic rings. The lowest BCUT2D eigenvalue weighted by molar-refractivity contribution is 0.0475. The molecule has 0 bridgehead atoms. The Morgan fingerprint density at radius 1 is 1.21 bits per heavy atom. The standard InChI is InChI=1S/C11H21F2N/c1-11(14,10(12)13)8-9-6-4-2-3-5-7-9/h9-10H,2-8,14H2,1H3. The SMILES string of the molecule is CC(N)(CC1CCCCCC1)C(F)F. The van der Waals surface area contributed by atoms with Gasteiger partial charge in [0.15, 0.2) is 0 Å². The maximum Gasteiger partial charge on any atom is 0.256 e. The van der Waals surface area contributed by atoms with Crippen LogP contribution in [0, 0.1) is 5.92 Å². The maximum absolute atomic E-state index is 12.5. The molecule has 0 aromatic rings. The quantitative estimate of drug-likeness (QED) is 0.703. The molecule has 1 unspecified atom stereocenters. The predicted molar refractivity (Wildman–Crippen MR) is 54.4 cm³/mol. The van der Waals surface area contributed by atoms with Gasteiger partial charge in [0.2, 0.25) is 0 Å². The summed E-state index contributed by atoms with van der Waals surface area (Å²) in [5.41, 5.74) is 4.31. The third-order valence-electron chi connectivity index (χ3n) is 3.20. The van der Waals surface area contributed by atoms with Gasteiger partial charge in [0.05, 0.1) is 5.54 Å². The monoisotopic (exact) mass is 205 g/mol. The van der Waals surface area contributed by atoms with E-state index in [1.54, 1.807) is 0 Å². The average molecular weight is 205 g/mol. The number of rotatable bonds is 3. The van der Waals surface area contributed by atoms with Gasteiger partial charge in [0, 0.05) is 0 Å². The van der Waals surface area contributed by atoms with E-state index in [4.69, 9.17) is 5.73 Å². The Balaban J connectivity index is 2.41. The van der Waals surface area contributed by atoms with E-state index in [9.17, 15) is 8.78 Å². The Morgan fingerprint density at radius 2 is 1.71 bits per heavy atom. The van der Waals surface area contributed by atoms with Gasteiger partial charge in [-0.3, -0.25) is 0 Å². The molecule has 1 rings (SSSR count). The van der Waals surface area contributed by atoms with Crippen LogP contribution in [0.25, 0.3) is 0 Å². The van der Waals surface area contributed by atoms with Gasteiger partial charge < -0.3 is 5.73 Å². The van der Waals surface area contributed by atoms with Crippen molar-refractivity contribution < 1.29 is 8.78 Å². The first-order valence-corrected chi connectivity index (χ1v) is 5.59. The van der Waals surface area contributed by atoms with E-state index in [-0.39, 0.29) is 0 Å². The molecule has 0 saturated heterocycles. The number of nitrogens with two attached hydrogens (primary N) is 1. The Morgan fingerprint density at radius 3 is 2.14 bits per heavy atom. The molecule has 0 heterocycles. The molecule has 84 valence electrons. The minimum absolute atomic E-state index is 0.418. The van der Waals surface area contributed by atoms with Gasteiger partial charge >= 0.3 is 0 Å². The minimum atomic E-state index is -2.40. The van der Waals surface area contributed by atoms with Crippen LogP contribution < -0.4 is 5.73 Å². The molecule has 1 saturated carbocycles. The van der Waals surface area contributed by atoms with Crippen LogP contribution in [0.4, 0.5) is 8.78 Å². The molecule has 0 aliphatic heterocycles. The van der Waals surface area contributed by atoms with Gasteiger partial charge in [-0.05, 0) is 19.3 Å². The van der Waals surface area contributed by atoms with E-state index >= 15 is 0 Å². The van der Waals surface area contributed by atoms with Crippen molar-refractivity contribution in [3.05, 3.63) is 0 Å². The predicted octanol–water partition coefficient (Wildman–Crippen LogP) is 3.33. The summed E-state index contributed by atoms with van der Waals surface area (Å²) in [5.74, 6) is 0.418. The Labute approximate surface area is 85.1 Å². The number of alkyl halides is 2. The van der Waals surface area contributed by atoms with Crippen LogP contribution in [0.1, 0.15) is 51.9 Å². The van der Waals surface area contributed by atoms with Crippen LogP contribution in [0.5, 0.6) is 0 Å². The average Bonchev–Trinajstić information content (AvgIpc) is 2.32. The molecule has 0 spiro atoms. The molecule has 1 nitrogen and oxygen atoms in total. The second kappa shape index (κ2) is 5.06. The van der Waals surface area contributed by atoms with Crippen LogP contribution >= 0.6 is 0 Å². The zero-order valence-electron chi connectivity index (χ0n) is 8.94. The third-order valence-corrected chi connectivity index (χ3v) is 3.20. The number of halogens is 2. The fraction of sp³-hybridized carbons (Fsp3) is 1.00. The van der Waals surface area contributed by atoms with Crippen LogP contribution in [0.15, 0.2) is 0 Å². The molecule has 1 aliphatic carbocycles. The van der Waals surface area contributed by atoms with E-state index < -0.39 is 12.0 Å². The molecular formula is C11H21F2N. The normalized spacial score (nSPS) is 24.6. The van der Waals surface area contributed by atoms with Crippen molar-refractivity contribution in [2.24, 2.45) is 11.7 Å². The zero-order valence-corrected chi connectivity index (χ0v) is 8.94. The summed E-state index contributed by atoms with van der Waals surface area (Å²) in [6.07, 6.45) is 5.13. The number of hydrogen-bond donors (Lipinski definition) is 1. The van der Waals surface area contributed by atoms with Gasteiger partial charge in [-0.25, -0.2) is 8.78 Å². The first-order chi connectivity index (χ1) is 6.52. The fourth-order valence-electron chi connectivity index (χ4n) is 2.28. The van der Waals surface area contributed by atoms with Crippen LogP contribution in [0.3, 0.4) is 0 Å². The summed E-state index contributed by atoms with van der Waals surface area (Å²) in [6, 6.07) is 0. The molecule has 0 amide bonds. The summed E-state index contributed by atoms with van der Waals surface area (Å²) < 4.78 is 25.1. The lowest BCUT2D eigenvalue weighted by Crippen LogP contribution is -2.45. The second-order valence-corrected chi connectivity index (χ2v) is 4.87. The van der Waals surface area contributed by atoms with Crippen LogP contribution in [0.2, 0.25) is 0 Å². The first kappa shape index (κ1) is 11.9. The van der Waals surface area contributed by atoms with Gasteiger partial charge in [-0.2, -0.15) is 0 Å². The van der Waals surface area contributed by atoms with Gasteiger partial charge in [0.25, 0.3) is 6.43 Å². The van der Waals surface area contributed by atoms with E-state index in [0.29, 0.717) is 12.3 Å². The van der Waals surface area contributed by atoms with Crippen molar-refractivity contribution in [2.75, 3.05) is 0 Å². The van der Waals surface area contributed by atoms with Crippen molar-refractivity contribution in [1.29, 1.82) is 0 Å². The Hall–Kier alpha value is -0.180. The smallest absolute Gasteiger partial charge is 0.256 e. The van der Waals surface area contributed by atoms with Crippen molar-refractivity contribution in [3.8, 4) is 0 Å². The van der Waals surface area contributed by atoms with E-state index in [1.165, 1.54) is 32.6 Å². The highest BCUT2D eigenvalue weighted by atomic mass is 19.3. The number of hydrogen-bond acceptors (Lipinski definition) is 1. The van der Waals surface area contributed by atoms with E-state index in [1.807, 2.05) is 0 Å². The minimum Gasteiger partial charge on any atom is -0.321 e. The molecule has 0 aromatic carbocycles. The lowest BCUT2D eigenvalue weighted by atomic mass is 9.86. The molecular weight excluding hydrogens is 184 g/mol. The molecule has 1 fully saturated rings. The van der Waals surface area contributed by atoms with Crippen LogP contribution in [-0.4, -0.2) is 12.0 Å². The highest BCUT2D eigenvalue weighted by Gasteiger charge is 2.33. The molecule has 3 heteroatoms. The Kier molecular flexibility index (Phi) is 4.30. The third kappa shape index (κ3) is 3.52. The lowest BCUT2D eigenvalue weighted by Gasteiger charge is -2.28. The van der Waals surface area contributed by atoms with Crippen molar-refractivity contribution >= 4 is 0 Å². The van der Waals surface area contributed by atoms with E-state index in [2.05, 4.69) is 0 Å². The Bertz CT molecular complexity index is 161. The summed E-state index contributed by atoms with van der Waals surface area (Å²) in [5, 5.41) is 0. The summed E-state index contributed by atoms with van der Waals surface area (Å²) in [7, 11) is 0.